The maximum absolute atomic E-state index is 12.5. The second-order valence-corrected chi connectivity index (χ2v) is 5.91. The summed E-state index contributed by atoms with van der Waals surface area (Å²) in [5, 5.41) is 3.06. The highest BCUT2D eigenvalue weighted by Gasteiger charge is 2.37. The van der Waals surface area contributed by atoms with Gasteiger partial charge in [-0.05, 0) is 37.8 Å². The lowest BCUT2D eigenvalue weighted by Crippen LogP contribution is -2.39. The molecule has 3 rings (SSSR count). The van der Waals surface area contributed by atoms with Gasteiger partial charge in [0.25, 0.3) is 5.91 Å². The Balaban J connectivity index is 1.73. The SMILES string of the molecule is Cc1cccc(C(=O)N2C[C@H]3CCCC(=O)N[C@H]3C2)c1. The highest BCUT2D eigenvalue weighted by atomic mass is 16.2. The zero-order valence-electron chi connectivity index (χ0n) is 11.8. The van der Waals surface area contributed by atoms with Gasteiger partial charge in [-0.15, -0.1) is 0 Å². The van der Waals surface area contributed by atoms with E-state index >= 15 is 0 Å². The molecule has 20 heavy (non-hydrogen) atoms. The number of hydrogen-bond donors (Lipinski definition) is 1. The second kappa shape index (κ2) is 5.27. The third kappa shape index (κ3) is 2.55. The van der Waals surface area contributed by atoms with Crippen molar-refractivity contribution in [2.24, 2.45) is 5.92 Å². The van der Waals surface area contributed by atoms with Crippen LogP contribution in [0.25, 0.3) is 0 Å². The highest BCUT2D eigenvalue weighted by Crippen LogP contribution is 2.26. The second-order valence-electron chi connectivity index (χ2n) is 5.91. The predicted octanol–water partition coefficient (Wildman–Crippen LogP) is 1.74. The van der Waals surface area contributed by atoms with Crippen LogP contribution in [0.1, 0.15) is 35.2 Å². The van der Waals surface area contributed by atoms with Crippen molar-refractivity contribution >= 4 is 11.8 Å². The summed E-state index contributed by atoms with van der Waals surface area (Å²) in [6.45, 7) is 3.39. The largest absolute Gasteiger partial charge is 0.351 e. The first-order valence-electron chi connectivity index (χ1n) is 7.29. The van der Waals surface area contributed by atoms with Crippen LogP contribution in [-0.4, -0.2) is 35.8 Å². The van der Waals surface area contributed by atoms with E-state index in [1.807, 2.05) is 36.1 Å². The molecule has 2 amide bonds. The van der Waals surface area contributed by atoms with Gasteiger partial charge in [0, 0.05) is 25.1 Å². The fraction of sp³-hybridized carbons (Fsp3) is 0.500. The van der Waals surface area contributed by atoms with Gasteiger partial charge in [-0.3, -0.25) is 9.59 Å². The maximum Gasteiger partial charge on any atom is 0.253 e. The van der Waals surface area contributed by atoms with Gasteiger partial charge < -0.3 is 10.2 Å². The summed E-state index contributed by atoms with van der Waals surface area (Å²) in [7, 11) is 0. The van der Waals surface area contributed by atoms with Crippen molar-refractivity contribution in [1.29, 1.82) is 0 Å². The van der Waals surface area contributed by atoms with E-state index in [2.05, 4.69) is 5.32 Å². The standard InChI is InChI=1S/C16H20N2O2/c1-11-4-2-5-12(8-11)16(20)18-9-13-6-3-7-15(19)17-14(13)10-18/h2,4-5,8,13-14H,3,6-7,9-10H2,1H3,(H,17,19)/t13-,14+/m1/s1. The van der Waals surface area contributed by atoms with Crippen LogP contribution in [0.15, 0.2) is 24.3 Å². The van der Waals surface area contributed by atoms with Gasteiger partial charge in [-0.2, -0.15) is 0 Å². The van der Waals surface area contributed by atoms with Crippen molar-refractivity contribution in [2.75, 3.05) is 13.1 Å². The van der Waals surface area contributed by atoms with Gasteiger partial charge >= 0.3 is 0 Å². The molecule has 2 fully saturated rings. The molecule has 0 aliphatic carbocycles. The summed E-state index contributed by atoms with van der Waals surface area (Å²) < 4.78 is 0. The summed E-state index contributed by atoms with van der Waals surface area (Å²) in [5.41, 5.74) is 1.84. The molecule has 1 aromatic carbocycles. The Hall–Kier alpha value is -1.84. The molecule has 2 heterocycles. The van der Waals surface area contributed by atoms with Gasteiger partial charge in [0.2, 0.25) is 5.91 Å². The van der Waals surface area contributed by atoms with Gasteiger partial charge in [0.15, 0.2) is 0 Å². The van der Waals surface area contributed by atoms with Crippen molar-refractivity contribution in [3.63, 3.8) is 0 Å². The Bertz CT molecular complexity index is 541. The lowest BCUT2D eigenvalue weighted by Gasteiger charge is -2.17. The van der Waals surface area contributed by atoms with Crippen LogP contribution in [0.5, 0.6) is 0 Å². The first kappa shape index (κ1) is 13.2. The number of nitrogens with one attached hydrogen (secondary N) is 1. The molecule has 2 aliphatic heterocycles. The third-order valence-corrected chi connectivity index (χ3v) is 4.32. The lowest BCUT2D eigenvalue weighted by atomic mass is 9.99. The van der Waals surface area contributed by atoms with Gasteiger partial charge in [-0.25, -0.2) is 0 Å². The molecule has 2 saturated heterocycles. The van der Waals surface area contributed by atoms with Crippen molar-refractivity contribution in [3.8, 4) is 0 Å². The molecule has 1 aromatic rings. The number of carbonyl (C=O) groups excluding carboxylic acids is 2. The van der Waals surface area contributed by atoms with Crippen LogP contribution in [0.2, 0.25) is 0 Å². The minimum atomic E-state index is 0.0797. The van der Waals surface area contributed by atoms with Crippen molar-refractivity contribution in [1.82, 2.24) is 10.2 Å². The number of hydrogen-bond acceptors (Lipinski definition) is 2. The van der Waals surface area contributed by atoms with Crippen LogP contribution in [0.4, 0.5) is 0 Å². The van der Waals surface area contributed by atoms with Gasteiger partial charge in [0.05, 0.1) is 6.04 Å². The van der Waals surface area contributed by atoms with Crippen LogP contribution in [0, 0.1) is 12.8 Å². The third-order valence-electron chi connectivity index (χ3n) is 4.32. The average molecular weight is 272 g/mol. The molecule has 0 saturated carbocycles. The molecular formula is C16H20N2O2. The van der Waals surface area contributed by atoms with Gasteiger partial charge in [-0.1, -0.05) is 17.7 Å². The van der Waals surface area contributed by atoms with E-state index in [1.54, 1.807) is 0 Å². The number of benzene rings is 1. The van der Waals surface area contributed by atoms with Crippen molar-refractivity contribution in [3.05, 3.63) is 35.4 Å². The maximum atomic E-state index is 12.5. The van der Waals surface area contributed by atoms with Gasteiger partial charge in [0.1, 0.15) is 0 Å². The molecule has 0 bridgehead atoms. The molecule has 2 atom stereocenters. The van der Waals surface area contributed by atoms with E-state index in [-0.39, 0.29) is 17.9 Å². The van der Waals surface area contributed by atoms with Crippen molar-refractivity contribution in [2.45, 2.75) is 32.2 Å². The van der Waals surface area contributed by atoms with Crippen LogP contribution in [-0.2, 0) is 4.79 Å². The zero-order valence-corrected chi connectivity index (χ0v) is 11.8. The number of likely N-dealkylation sites (tertiary alicyclic amines) is 1. The first-order chi connectivity index (χ1) is 9.63. The van der Waals surface area contributed by atoms with E-state index < -0.39 is 0 Å². The number of fused-ring (bicyclic) bond motifs is 1. The molecule has 0 aromatic heterocycles. The van der Waals surface area contributed by atoms with E-state index in [4.69, 9.17) is 0 Å². The van der Waals surface area contributed by atoms with Crippen LogP contribution in [0.3, 0.4) is 0 Å². The molecule has 0 unspecified atom stereocenters. The van der Waals surface area contributed by atoms with E-state index in [1.165, 1.54) is 0 Å². The summed E-state index contributed by atoms with van der Waals surface area (Å²) in [6, 6.07) is 7.83. The molecule has 1 N–H and O–H groups in total. The Morgan fingerprint density at radius 3 is 3.00 bits per heavy atom. The zero-order chi connectivity index (χ0) is 14.1. The average Bonchev–Trinajstić information content (AvgIpc) is 2.73. The molecule has 106 valence electrons. The van der Waals surface area contributed by atoms with Crippen LogP contribution >= 0.6 is 0 Å². The minimum Gasteiger partial charge on any atom is -0.351 e. The quantitative estimate of drug-likeness (QED) is 0.846. The summed E-state index contributed by atoms with van der Waals surface area (Å²) in [4.78, 5) is 26.0. The molecule has 0 radical (unpaired) electrons. The fourth-order valence-electron chi connectivity index (χ4n) is 3.26. The van der Waals surface area contributed by atoms with Crippen molar-refractivity contribution < 1.29 is 9.59 Å². The molecule has 4 nitrogen and oxygen atoms in total. The Morgan fingerprint density at radius 1 is 1.35 bits per heavy atom. The normalized spacial score (nSPS) is 25.9. The Labute approximate surface area is 119 Å². The summed E-state index contributed by atoms with van der Waals surface area (Å²) in [6.07, 6.45) is 2.58. The first-order valence-corrected chi connectivity index (χ1v) is 7.29. The fourth-order valence-corrected chi connectivity index (χ4v) is 3.26. The van der Waals surface area contributed by atoms with E-state index in [9.17, 15) is 9.59 Å². The Kier molecular flexibility index (Phi) is 3.47. The predicted molar refractivity (Wildman–Crippen MR) is 76.4 cm³/mol. The molecule has 2 aliphatic rings. The number of aryl methyl sites for hydroxylation is 1. The topological polar surface area (TPSA) is 49.4 Å². The number of rotatable bonds is 1. The summed E-state index contributed by atoms with van der Waals surface area (Å²) >= 11 is 0. The Morgan fingerprint density at radius 2 is 2.20 bits per heavy atom. The number of nitrogens with zero attached hydrogens (tertiary/aromatic N) is 1. The monoisotopic (exact) mass is 272 g/mol. The highest BCUT2D eigenvalue weighted by molar-refractivity contribution is 5.94. The smallest absolute Gasteiger partial charge is 0.253 e. The number of amides is 2. The summed E-state index contributed by atoms with van der Waals surface area (Å²) in [5.74, 6) is 0.619. The minimum absolute atomic E-state index is 0.0797. The van der Waals surface area contributed by atoms with E-state index in [0.717, 1.165) is 30.5 Å². The number of carbonyl (C=O) groups is 2. The van der Waals surface area contributed by atoms with Crippen LogP contribution < -0.4 is 5.32 Å². The van der Waals surface area contributed by atoms with E-state index in [0.29, 0.717) is 18.9 Å². The molecular weight excluding hydrogens is 252 g/mol. The molecule has 4 heteroatoms. The lowest BCUT2D eigenvalue weighted by molar-refractivity contribution is -0.121. The molecule has 0 spiro atoms.